The minimum atomic E-state index is -0.796. The standard InChI is InChI=1S/C33H42FN5O4/c1-23(35-2)31(41)37-30(26-11-7-4-8-12-26)32(42)36-22-29(40)39-20-19-38(18-17-24-13-15-27(34)16-14-24)33(43)28(39)21-25-9-5-3-6-10-25/h3,5-6,9-10,13-16,19-20,23,26,28,30,35H,4,7-8,11-12,17-18,21-22H2,1-2H3,(H,36,42)(H,37,41)/t23-,28-,30-/m0/s1. The Bertz CT molecular complexity index is 1280. The summed E-state index contributed by atoms with van der Waals surface area (Å²) in [5.41, 5.74) is 1.79. The van der Waals surface area contributed by atoms with E-state index in [-0.39, 0.29) is 30.1 Å². The van der Waals surface area contributed by atoms with Gasteiger partial charge in [0.25, 0.3) is 0 Å². The van der Waals surface area contributed by atoms with Crippen LogP contribution >= 0.6 is 0 Å². The fourth-order valence-electron chi connectivity index (χ4n) is 5.64. The van der Waals surface area contributed by atoms with Crippen LogP contribution in [0.3, 0.4) is 0 Å². The summed E-state index contributed by atoms with van der Waals surface area (Å²) in [5, 5.41) is 8.53. The molecule has 2 aromatic carbocycles. The number of carbonyl (C=O) groups is 4. The van der Waals surface area contributed by atoms with Crippen molar-refractivity contribution in [2.75, 3.05) is 20.1 Å². The minimum absolute atomic E-state index is 0.00573. The van der Waals surface area contributed by atoms with Gasteiger partial charge in [0.2, 0.25) is 23.6 Å². The smallest absolute Gasteiger partial charge is 0.250 e. The molecule has 3 N–H and O–H groups in total. The van der Waals surface area contributed by atoms with Crippen LogP contribution in [0.15, 0.2) is 67.0 Å². The van der Waals surface area contributed by atoms with Gasteiger partial charge in [-0.2, -0.15) is 0 Å². The zero-order chi connectivity index (χ0) is 30.8. The quantitative estimate of drug-likeness (QED) is 0.352. The van der Waals surface area contributed by atoms with Crippen LogP contribution in [-0.4, -0.2) is 71.7 Å². The molecule has 43 heavy (non-hydrogen) atoms. The number of hydrogen-bond donors (Lipinski definition) is 3. The van der Waals surface area contributed by atoms with Crippen LogP contribution in [0.2, 0.25) is 0 Å². The zero-order valence-corrected chi connectivity index (χ0v) is 24.9. The van der Waals surface area contributed by atoms with Crippen molar-refractivity contribution in [1.82, 2.24) is 25.8 Å². The second-order valence-electron chi connectivity index (χ2n) is 11.3. The molecule has 1 aliphatic carbocycles. The topological polar surface area (TPSA) is 111 Å². The Kier molecular flexibility index (Phi) is 11.4. The summed E-state index contributed by atoms with van der Waals surface area (Å²) in [7, 11) is 1.68. The van der Waals surface area contributed by atoms with Crippen LogP contribution < -0.4 is 16.0 Å². The average Bonchev–Trinajstić information content (AvgIpc) is 3.03. The van der Waals surface area contributed by atoms with Crippen LogP contribution in [0, 0.1) is 11.7 Å². The fourth-order valence-corrected chi connectivity index (χ4v) is 5.64. The largest absolute Gasteiger partial charge is 0.345 e. The fraction of sp³-hybridized carbons (Fsp3) is 0.455. The molecule has 0 aromatic heterocycles. The third-order valence-corrected chi connectivity index (χ3v) is 8.37. The van der Waals surface area contributed by atoms with Crippen LogP contribution in [-0.2, 0) is 32.0 Å². The molecule has 1 saturated carbocycles. The first-order chi connectivity index (χ1) is 20.8. The molecule has 0 saturated heterocycles. The summed E-state index contributed by atoms with van der Waals surface area (Å²) in [6, 6.07) is 13.6. The second kappa shape index (κ2) is 15.4. The van der Waals surface area contributed by atoms with Gasteiger partial charge in [0.15, 0.2) is 0 Å². The molecule has 0 radical (unpaired) electrons. The average molecular weight is 592 g/mol. The van der Waals surface area contributed by atoms with Gasteiger partial charge in [-0.15, -0.1) is 0 Å². The molecule has 4 rings (SSSR count). The van der Waals surface area contributed by atoms with E-state index in [1.165, 1.54) is 17.0 Å². The van der Waals surface area contributed by atoms with Crippen molar-refractivity contribution in [1.29, 1.82) is 0 Å². The molecule has 2 aromatic rings. The summed E-state index contributed by atoms with van der Waals surface area (Å²) in [6.07, 6.45) is 8.74. The second-order valence-corrected chi connectivity index (χ2v) is 11.3. The van der Waals surface area contributed by atoms with E-state index >= 15 is 0 Å². The SMILES string of the molecule is CN[C@@H](C)C(=O)N[C@H](C(=O)NCC(=O)N1C=CN(CCc2ccc(F)cc2)C(=O)[C@@H]1Cc1ccccc1)C1CCCCC1. The molecule has 9 nitrogen and oxygen atoms in total. The van der Waals surface area contributed by atoms with E-state index in [0.29, 0.717) is 19.4 Å². The van der Waals surface area contributed by atoms with Gasteiger partial charge in [0.1, 0.15) is 17.9 Å². The van der Waals surface area contributed by atoms with Gasteiger partial charge in [0.05, 0.1) is 12.6 Å². The third-order valence-electron chi connectivity index (χ3n) is 8.37. The number of halogens is 1. The van der Waals surface area contributed by atoms with Crippen molar-refractivity contribution in [2.45, 2.75) is 70.0 Å². The number of nitrogens with one attached hydrogen (secondary N) is 3. The molecule has 3 atom stereocenters. The Labute approximate surface area is 252 Å². The number of benzene rings is 2. The maximum atomic E-state index is 13.7. The third kappa shape index (κ3) is 8.73. The highest BCUT2D eigenvalue weighted by Crippen LogP contribution is 2.27. The molecule has 10 heteroatoms. The molecule has 0 unspecified atom stereocenters. The summed E-state index contributed by atoms with van der Waals surface area (Å²) >= 11 is 0. The van der Waals surface area contributed by atoms with Crippen molar-refractivity contribution in [3.8, 4) is 0 Å². The number of rotatable bonds is 12. The van der Waals surface area contributed by atoms with E-state index in [9.17, 15) is 23.6 Å². The Hall–Kier alpha value is -4.05. The van der Waals surface area contributed by atoms with E-state index in [1.807, 2.05) is 30.3 Å². The lowest BCUT2D eigenvalue weighted by molar-refractivity contribution is -0.143. The van der Waals surface area contributed by atoms with E-state index < -0.39 is 29.9 Å². The first-order valence-corrected chi connectivity index (χ1v) is 15.1. The summed E-state index contributed by atoms with van der Waals surface area (Å²) in [6.45, 7) is 1.79. The first-order valence-electron chi connectivity index (χ1n) is 15.1. The van der Waals surface area contributed by atoms with Gasteiger partial charge >= 0.3 is 0 Å². The van der Waals surface area contributed by atoms with Crippen molar-refractivity contribution >= 4 is 23.6 Å². The molecule has 230 valence electrons. The number of hydrogen-bond acceptors (Lipinski definition) is 5. The number of carbonyl (C=O) groups excluding carboxylic acids is 4. The molecule has 1 fully saturated rings. The van der Waals surface area contributed by atoms with Crippen LogP contribution in [0.25, 0.3) is 0 Å². The number of likely N-dealkylation sites (N-methyl/N-ethyl adjacent to an activating group) is 1. The van der Waals surface area contributed by atoms with Gasteiger partial charge < -0.3 is 25.8 Å². The predicted octanol–water partition coefficient (Wildman–Crippen LogP) is 2.91. The number of amides is 4. The number of nitrogens with zero attached hydrogens (tertiary/aromatic N) is 2. The van der Waals surface area contributed by atoms with Gasteiger partial charge in [-0.1, -0.05) is 61.7 Å². The van der Waals surface area contributed by atoms with E-state index in [0.717, 1.165) is 43.2 Å². The molecule has 1 aliphatic heterocycles. The predicted molar refractivity (Wildman–Crippen MR) is 162 cm³/mol. The van der Waals surface area contributed by atoms with Gasteiger partial charge in [-0.05, 0) is 62.4 Å². The Morgan fingerprint density at radius 2 is 1.63 bits per heavy atom. The minimum Gasteiger partial charge on any atom is -0.345 e. The molecule has 0 bridgehead atoms. The Morgan fingerprint density at radius 1 is 0.930 bits per heavy atom. The van der Waals surface area contributed by atoms with Crippen LogP contribution in [0.1, 0.15) is 50.2 Å². The maximum absolute atomic E-state index is 13.7. The lowest BCUT2D eigenvalue weighted by Gasteiger charge is -2.36. The monoisotopic (exact) mass is 591 g/mol. The lowest BCUT2D eigenvalue weighted by Crippen LogP contribution is -2.57. The molecular weight excluding hydrogens is 549 g/mol. The van der Waals surface area contributed by atoms with Crippen molar-refractivity contribution in [2.24, 2.45) is 5.92 Å². The highest BCUT2D eigenvalue weighted by Gasteiger charge is 2.36. The van der Waals surface area contributed by atoms with Crippen LogP contribution in [0.4, 0.5) is 4.39 Å². The van der Waals surface area contributed by atoms with Crippen molar-refractivity contribution in [3.63, 3.8) is 0 Å². The van der Waals surface area contributed by atoms with E-state index in [1.54, 1.807) is 43.4 Å². The van der Waals surface area contributed by atoms with E-state index in [2.05, 4.69) is 16.0 Å². The van der Waals surface area contributed by atoms with Gasteiger partial charge in [-0.3, -0.25) is 19.2 Å². The summed E-state index contributed by atoms with van der Waals surface area (Å²) < 4.78 is 13.3. The molecule has 0 spiro atoms. The zero-order valence-electron chi connectivity index (χ0n) is 24.9. The normalized spacial score (nSPS) is 18.7. The van der Waals surface area contributed by atoms with Crippen molar-refractivity contribution in [3.05, 3.63) is 83.9 Å². The molecule has 1 heterocycles. The molecule has 2 aliphatic rings. The first kappa shape index (κ1) is 31.9. The van der Waals surface area contributed by atoms with Crippen molar-refractivity contribution < 1.29 is 23.6 Å². The van der Waals surface area contributed by atoms with E-state index in [4.69, 9.17) is 0 Å². The highest BCUT2D eigenvalue weighted by atomic mass is 19.1. The maximum Gasteiger partial charge on any atom is 0.250 e. The van der Waals surface area contributed by atoms with Crippen LogP contribution in [0.5, 0.6) is 0 Å². The molecule has 4 amide bonds. The Morgan fingerprint density at radius 3 is 2.30 bits per heavy atom. The summed E-state index contributed by atoms with van der Waals surface area (Å²) in [4.78, 5) is 56.2. The van der Waals surface area contributed by atoms with Gasteiger partial charge in [-0.25, -0.2) is 4.39 Å². The Balaban J connectivity index is 1.45. The highest BCUT2D eigenvalue weighted by molar-refractivity contribution is 5.94. The lowest BCUT2D eigenvalue weighted by atomic mass is 9.83. The molecular formula is C33H42FN5O4. The summed E-state index contributed by atoms with van der Waals surface area (Å²) in [5.74, 6) is -1.65. The van der Waals surface area contributed by atoms with Gasteiger partial charge in [0, 0.05) is 25.4 Å².